The van der Waals surface area contributed by atoms with Crippen LogP contribution in [0.4, 0.5) is 32.0 Å². The maximum atomic E-state index is 13.4. The van der Waals surface area contributed by atoms with Crippen molar-refractivity contribution in [3.63, 3.8) is 0 Å². The van der Waals surface area contributed by atoms with Crippen LogP contribution in [0, 0.1) is 5.95 Å². The first-order chi connectivity index (χ1) is 14.0. The molecule has 2 aromatic heterocycles. The SMILES string of the molecule is Nc1cc(C(=O)NCc2cccc(F)n2)nc2c(C(F)(F)F)cc(OC(F)F)cc12. The Labute approximate surface area is 164 Å². The van der Waals surface area contributed by atoms with Crippen LogP contribution in [-0.4, -0.2) is 22.5 Å². The van der Waals surface area contributed by atoms with Gasteiger partial charge in [0.25, 0.3) is 5.91 Å². The highest BCUT2D eigenvalue weighted by molar-refractivity contribution is 6.00. The highest BCUT2D eigenvalue weighted by Crippen LogP contribution is 2.39. The van der Waals surface area contributed by atoms with Crippen LogP contribution in [0.2, 0.25) is 0 Å². The normalized spacial score (nSPS) is 11.7. The Hall–Kier alpha value is -3.57. The zero-order valence-electron chi connectivity index (χ0n) is 14.8. The third-order valence-electron chi connectivity index (χ3n) is 3.88. The predicted molar refractivity (Wildman–Crippen MR) is 93.2 cm³/mol. The summed E-state index contributed by atoms with van der Waals surface area (Å²) in [5, 5.41) is 2.02. The number of aromatic nitrogens is 2. The molecule has 0 fully saturated rings. The third-order valence-corrected chi connectivity index (χ3v) is 3.88. The number of benzene rings is 1. The molecule has 0 radical (unpaired) electrons. The van der Waals surface area contributed by atoms with Gasteiger partial charge in [0.2, 0.25) is 5.95 Å². The van der Waals surface area contributed by atoms with Crippen molar-refractivity contribution in [3.8, 4) is 5.75 Å². The molecule has 0 bridgehead atoms. The number of hydrogen-bond donors (Lipinski definition) is 2. The molecule has 0 saturated carbocycles. The molecule has 3 rings (SSSR count). The second-order valence-electron chi connectivity index (χ2n) is 5.97. The van der Waals surface area contributed by atoms with Crippen LogP contribution < -0.4 is 15.8 Å². The van der Waals surface area contributed by atoms with E-state index in [-0.39, 0.29) is 23.3 Å². The van der Waals surface area contributed by atoms with E-state index in [1.807, 2.05) is 0 Å². The number of pyridine rings is 2. The first kappa shape index (κ1) is 21.1. The van der Waals surface area contributed by atoms with Gasteiger partial charge in [-0.15, -0.1) is 0 Å². The van der Waals surface area contributed by atoms with Crippen molar-refractivity contribution in [2.75, 3.05) is 5.73 Å². The summed E-state index contributed by atoms with van der Waals surface area (Å²) in [6.07, 6.45) is -4.99. The Kier molecular flexibility index (Phi) is 5.67. The average molecular weight is 430 g/mol. The smallest absolute Gasteiger partial charge is 0.418 e. The Bertz CT molecular complexity index is 1100. The molecule has 158 valence electrons. The van der Waals surface area contributed by atoms with Crippen LogP contribution in [-0.2, 0) is 12.7 Å². The van der Waals surface area contributed by atoms with E-state index in [0.717, 1.165) is 18.2 Å². The summed E-state index contributed by atoms with van der Waals surface area (Å²) in [6, 6.07) is 6.10. The molecule has 1 amide bonds. The van der Waals surface area contributed by atoms with Crippen LogP contribution in [0.15, 0.2) is 36.4 Å². The van der Waals surface area contributed by atoms with E-state index in [0.29, 0.717) is 6.07 Å². The molecule has 0 atom stereocenters. The van der Waals surface area contributed by atoms with Crippen molar-refractivity contribution < 1.29 is 35.9 Å². The van der Waals surface area contributed by atoms with Crippen LogP contribution in [0.3, 0.4) is 0 Å². The third kappa shape index (κ3) is 4.70. The molecule has 12 heteroatoms. The molecule has 0 unspecified atom stereocenters. The molecular weight excluding hydrogens is 418 g/mol. The minimum atomic E-state index is -4.99. The fourth-order valence-corrected chi connectivity index (χ4v) is 2.64. The molecule has 0 aliphatic carbocycles. The molecule has 30 heavy (non-hydrogen) atoms. The number of nitrogens with one attached hydrogen (secondary N) is 1. The van der Waals surface area contributed by atoms with E-state index in [2.05, 4.69) is 20.0 Å². The number of carbonyl (C=O) groups excluding carboxylic acids is 1. The van der Waals surface area contributed by atoms with Gasteiger partial charge in [-0.25, -0.2) is 9.97 Å². The van der Waals surface area contributed by atoms with Gasteiger partial charge in [-0.1, -0.05) is 6.07 Å². The molecule has 2 heterocycles. The van der Waals surface area contributed by atoms with E-state index in [1.54, 1.807) is 0 Å². The van der Waals surface area contributed by atoms with Crippen molar-refractivity contribution in [2.45, 2.75) is 19.3 Å². The standard InChI is InChI=1S/C18H12F6N4O2/c19-14-3-1-2-8(27-14)7-26-16(29)13-6-12(25)10-4-9(30-17(20)21)5-11(15(10)28-13)18(22,23)24/h1-6,17H,7H2,(H2,25,28)(H,26,29). The lowest BCUT2D eigenvalue weighted by Gasteiger charge is -2.15. The van der Waals surface area contributed by atoms with Gasteiger partial charge in [0.05, 0.1) is 23.3 Å². The Balaban J connectivity index is 1.99. The number of amides is 1. The summed E-state index contributed by atoms with van der Waals surface area (Å²) >= 11 is 0. The molecule has 0 aliphatic heterocycles. The second kappa shape index (κ2) is 8.05. The molecule has 3 N–H and O–H groups in total. The van der Waals surface area contributed by atoms with Gasteiger partial charge in [-0.2, -0.15) is 26.3 Å². The summed E-state index contributed by atoms with van der Waals surface area (Å²) < 4.78 is 82.3. The summed E-state index contributed by atoms with van der Waals surface area (Å²) in [5.41, 5.74) is 3.04. The lowest BCUT2D eigenvalue weighted by molar-refractivity contribution is -0.136. The van der Waals surface area contributed by atoms with Crippen molar-refractivity contribution in [2.24, 2.45) is 0 Å². The number of nitrogens with two attached hydrogens (primary N) is 1. The predicted octanol–water partition coefficient (Wildman–Crippen LogP) is 3.90. The number of nitrogen functional groups attached to an aromatic ring is 1. The Morgan fingerprint density at radius 3 is 2.53 bits per heavy atom. The summed E-state index contributed by atoms with van der Waals surface area (Å²) in [4.78, 5) is 19.6. The lowest BCUT2D eigenvalue weighted by atomic mass is 10.1. The quantitative estimate of drug-likeness (QED) is 0.473. The highest BCUT2D eigenvalue weighted by Gasteiger charge is 2.35. The number of anilines is 1. The fourth-order valence-electron chi connectivity index (χ4n) is 2.64. The van der Waals surface area contributed by atoms with E-state index in [4.69, 9.17) is 5.73 Å². The van der Waals surface area contributed by atoms with E-state index < -0.39 is 47.2 Å². The fraction of sp³-hybridized carbons (Fsp3) is 0.167. The topological polar surface area (TPSA) is 90.1 Å². The van der Waals surface area contributed by atoms with Crippen LogP contribution in [0.25, 0.3) is 10.9 Å². The molecule has 3 aromatic rings. The van der Waals surface area contributed by atoms with Gasteiger partial charge in [0, 0.05) is 11.1 Å². The molecule has 0 aliphatic rings. The summed E-state index contributed by atoms with van der Waals surface area (Å²) in [7, 11) is 0. The number of nitrogens with zero attached hydrogens (tertiary/aromatic N) is 2. The first-order valence-electron chi connectivity index (χ1n) is 8.20. The average Bonchev–Trinajstić information content (AvgIpc) is 2.64. The van der Waals surface area contributed by atoms with Crippen molar-refractivity contribution in [1.29, 1.82) is 0 Å². The zero-order valence-corrected chi connectivity index (χ0v) is 14.8. The highest BCUT2D eigenvalue weighted by atomic mass is 19.4. The molecule has 0 saturated heterocycles. The molecule has 1 aromatic carbocycles. The van der Waals surface area contributed by atoms with Crippen molar-refractivity contribution in [1.82, 2.24) is 15.3 Å². The number of ether oxygens (including phenoxy) is 1. The maximum absolute atomic E-state index is 13.4. The summed E-state index contributed by atoms with van der Waals surface area (Å²) in [6.45, 7) is -3.57. The second-order valence-corrected chi connectivity index (χ2v) is 5.97. The minimum Gasteiger partial charge on any atom is -0.435 e. The number of halogens is 6. The van der Waals surface area contributed by atoms with Crippen molar-refractivity contribution in [3.05, 3.63) is 59.3 Å². The summed E-state index contributed by atoms with van der Waals surface area (Å²) in [5.74, 6) is -2.42. The number of carbonyl (C=O) groups is 1. The van der Waals surface area contributed by atoms with Gasteiger partial charge < -0.3 is 15.8 Å². The van der Waals surface area contributed by atoms with E-state index in [1.165, 1.54) is 12.1 Å². The minimum absolute atomic E-state index is 0.168. The molecule has 6 nitrogen and oxygen atoms in total. The Morgan fingerprint density at radius 2 is 1.90 bits per heavy atom. The van der Waals surface area contributed by atoms with Crippen LogP contribution in [0.1, 0.15) is 21.7 Å². The van der Waals surface area contributed by atoms with Gasteiger partial charge >= 0.3 is 12.8 Å². The number of fused-ring (bicyclic) bond motifs is 1. The van der Waals surface area contributed by atoms with Crippen LogP contribution >= 0.6 is 0 Å². The molecular formula is C18H12F6N4O2. The van der Waals surface area contributed by atoms with E-state index in [9.17, 15) is 31.1 Å². The Morgan fingerprint density at radius 1 is 1.17 bits per heavy atom. The maximum Gasteiger partial charge on any atom is 0.418 e. The van der Waals surface area contributed by atoms with Gasteiger partial charge in [0.1, 0.15) is 11.4 Å². The van der Waals surface area contributed by atoms with E-state index >= 15 is 0 Å². The number of alkyl halides is 5. The van der Waals surface area contributed by atoms with Crippen LogP contribution in [0.5, 0.6) is 5.75 Å². The molecule has 0 spiro atoms. The van der Waals surface area contributed by atoms with Gasteiger partial charge in [-0.05, 0) is 30.3 Å². The van der Waals surface area contributed by atoms with Gasteiger partial charge in [-0.3, -0.25) is 4.79 Å². The monoisotopic (exact) mass is 430 g/mol. The van der Waals surface area contributed by atoms with Crippen molar-refractivity contribution >= 4 is 22.5 Å². The zero-order chi connectivity index (χ0) is 22.1. The largest absolute Gasteiger partial charge is 0.435 e. The number of rotatable bonds is 5. The first-order valence-corrected chi connectivity index (χ1v) is 8.20. The lowest BCUT2D eigenvalue weighted by Crippen LogP contribution is -2.25. The van der Waals surface area contributed by atoms with Gasteiger partial charge in [0.15, 0.2) is 0 Å². The number of hydrogen-bond acceptors (Lipinski definition) is 5.